The van der Waals surface area contributed by atoms with Gasteiger partial charge in [0.1, 0.15) is 11.6 Å². The minimum Gasteiger partial charge on any atom is -0.339 e. The van der Waals surface area contributed by atoms with Gasteiger partial charge in [0.05, 0.1) is 6.54 Å². The molecule has 1 atom stereocenters. The highest BCUT2D eigenvalue weighted by Crippen LogP contribution is 2.27. The van der Waals surface area contributed by atoms with Crippen molar-refractivity contribution in [3.05, 3.63) is 35.4 Å². The second kappa shape index (κ2) is 9.15. The number of carbonyl (C=O) groups excluding carboxylic acids is 1. The molecule has 1 aromatic rings. The number of nitrogens with one attached hydrogen (secondary N) is 1. The maximum atomic E-state index is 14.0. The minimum atomic E-state index is -0.557. The predicted molar refractivity (Wildman–Crippen MR) is 88.7 cm³/mol. The number of nitrogens with zero attached hydrogens (tertiary/aromatic N) is 2. The molecule has 0 spiro atoms. The van der Waals surface area contributed by atoms with Crippen molar-refractivity contribution in [1.29, 1.82) is 0 Å². The number of rotatable bonds is 5. The van der Waals surface area contributed by atoms with Crippen molar-refractivity contribution in [2.24, 2.45) is 0 Å². The molecule has 0 radical (unpaired) electrons. The van der Waals surface area contributed by atoms with E-state index in [-0.39, 0.29) is 24.4 Å². The molecule has 1 amide bonds. The van der Waals surface area contributed by atoms with Gasteiger partial charge in [0, 0.05) is 43.9 Å². The van der Waals surface area contributed by atoms with Gasteiger partial charge >= 0.3 is 0 Å². The molecule has 23 heavy (non-hydrogen) atoms. The molecule has 0 saturated carbocycles. The highest BCUT2D eigenvalue weighted by Gasteiger charge is 2.27. The van der Waals surface area contributed by atoms with Gasteiger partial charge in [-0.15, -0.1) is 12.4 Å². The van der Waals surface area contributed by atoms with Crippen molar-refractivity contribution in [3.63, 3.8) is 0 Å². The molecule has 0 bridgehead atoms. The van der Waals surface area contributed by atoms with Crippen LogP contribution in [0.5, 0.6) is 0 Å². The Balaban J connectivity index is 0.00000264. The number of likely N-dealkylation sites (N-methyl/N-ethyl adjacent to an activating group) is 1. The number of halogens is 3. The average molecular weight is 348 g/mol. The molecule has 1 fully saturated rings. The number of amides is 1. The zero-order chi connectivity index (χ0) is 16.1. The van der Waals surface area contributed by atoms with Crippen LogP contribution in [0.2, 0.25) is 0 Å². The zero-order valence-corrected chi connectivity index (χ0v) is 14.3. The third kappa shape index (κ3) is 4.86. The topological polar surface area (TPSA) is 35.6 Å². The Morgan fingerprint density at radius 3 is 2.43 bits per heavy atom. The summed E-state index contributed by atoms with van der Waals surface area (Å²) in [5.74, 6) is -0.970. The lowest BCUT2D eigenvalue weighted by molar-refractivity contribution is -0.132. The van der Waals surface area contributed by atoms with E-state index in [2.05, 4.69) is 10.2 Å². The highest BCUT2D eigenvalue weighted by atomic mass is 35.5. The molecular weight excluding hydrogens is 324 g/mol. The summed E-state index contributed by atoms with van der Waals surface area (Å²) >= 11 is 0. The van der Waals surface area contributed by atoms with Crippen LogP contribution in [-0.2, 0) is 4.79 Å². The summed E-state index contributed by atoms with van der Waals surface area (Å²) in [4.78, 5) is 15.8. The summed E-state index contributed by atoms with van der Waals surface area (Å²) in [6.07, 6.45) is 0.743. The van der Waals surface area contributed by atoms with Crippen LogP contribution in [0.3, 0.4) is 0 Å². The van der Waals surface area contributed by atoms with E-state index in [4.69, 9.17) is 0 Å². The first-order valence-electron chi connectivity index (χ1n) is 7.68. The van der Waals surface area contributed by atoms with Crippen LogP contribution in [0.25, 0.3) is 0 Å². The average Bonchev–Trinajstić information content (AvgIpc) is 2.51. The summed E-state index contributed by atoms with van der Waals surface area (Å²) in [6, 6.07) is 3.68. The Morgan fingerprint density at radius 2 is 1.91 bits per heavy atom. The molecule has 2 rings (SSSR count). The quantitative estimate of drug-likeness (QED) is 0.887. The summed E-state index contributed by atoms with van der Waals surface area (Å²) in [6.45, 7) is 5.00. The fourth-order valence-corrected chi connectivity index (χ4v) is 2.99. The zero-order valence-electron chi connectivity index (χ0n) is 13.5. The molecule has 1 unspecified atom stereocenters. The Hall–Kier alpha value is -1.24. The molecule has 0 aliphatic carbocycles. The third-order valence-corrected chi connectivity index (χ3v) is 4.14. The number of piperazine rings is 1. The van der Waals surface area contributed by atoms with Crippen LogP contribution in [0, 0.1) is 11.6 Å². The second-order valence-corrected chi connectivity index (χ2v) is 5.54. The van der Waals surface area contributed by atoms with E-state index in [1.807, 2.05) is 11.8 Å². The SMILES string of the molecule is CCC(c1ccc(F)cc1F)N1CCN(C(=O)CNC)CC1.Cl. The first kappa shape index (κ1) is 19.8. The van der Waals surface area contributed by atoms with E-state index in [0.29, 0.717) is 38.3 Å². The molecule has 0 aromatic heterocycles. The maximum Gasteiger partial charge on any atom is 0.236 e. The Morgan fingerprint density at radius 1 is 1.26 bits per heavy atom. The van der Waals surface area contributed by atoms with Crippen molar-refractivity contribution >= 4 is 18.3 Å². The van der Waals surface area contributed by atoms with Gasteiger partial charge in [0.25, 0.3) is 0 Å². The number of benzene rings is 1. The molecule has 7 heteroatoms. The van der Waals surface area contributed by atoms with Gasteiger partial charge in [-0.2, -0.15) is 0 Å². The lowest BCUT2D eigenvalue weighted by atomic mass is 10.0. The van der Waals surface area contributed by atoms with Gasteiger partial charge in [-0.1, -0.05) is 13.0 Å². The van der Waals surface area contributed by atoms with Crippen molar-refractivity contribution < 1.29 is 13.6 Å². The van der Waals surface area contributed by atoms with Crippen LogP contribution < -0.4 is 5.32 Å². The van der Waals surface area contributed by atoms with E-state index in [0.717, 1.165) is 12.5 Å². The first-order chi connectivity index (χ1) is 10.6. The van der Waals surface area contributed by atoms with Crippen molar-refractivity contribution in [2.75, 3.05) is 39.8 Å². The first-order valence-corrected chi connectivity index (χ1v) is 7.68. The summed E-state index contributed by atoms with van der Waals surface area (Å²) in [5, 5.41) is 2.86. The van der Waals surface area contributed by atoms with Gasteiger partial charge in [-0.3, -0.25) is 9.69 Å². The molecule has 1 aromatic carbocycles. The van der Waals surface area contributed by atoms with E-state index >= 15 is 0 Å². The molecule has 1 saturated heterocycles. The van der Waals surface area contributed by atoms with Crippen LogP contribution in [0.15, 0.2) is 18.2 Å². The fraction of sp³-hybridized carbons (Fsp3) is 0.562. The normalized spacial score (nSPS) is 16.8. The van der Waals surface area contributed by atoms with E-state index < -0.39 is 11.6 Å². The molecule has 130 valence electrons. The van der Waals surface area contributed by atoms with E-state index in [9.17, 15) is 13.6 Å². The number of hydrogen-bond donors (Lipinski definition) is 1. The van der Waals surface area contributed by atoms with Crippen LogP contribution in [0.4, 0.5) is 8.78 Å². The smallest absolute Gasteiger partial charge is 0.236 e. The van der Waals surface area contributed by atoms with E-state index in [1.54, 1.807) is 7.05 Å². The Labute approximate surface area is 142 Å². The van der Waals surface area contributed by atoms with Crippen LogP contribution in [-0.4, -0.2) is 55.5 Å². The molecular formula is C16H24ClF2N3O. The fourth-order valence-electron chi connectivity index (χ4n) is 2.99. The van der Waals surface area contributed by atoms with Gasteiger partial charge in [-0.25, -0.2) is 8.78 Å². The molecule has 1 aliphatic heterocycles. The van der Waals surface area contributed by atoms with Gasteiger partial charge in [-0.05, 0) is 19.5 Å². The molecule has 1 heterocycles. The standard InChI is InChI=1S/C16H23F2N3O.ClH/c1-3-15(13-5-4-12(17)10-14(13)18)20-6-8-21(9-7-20)16(22)11-19-2;/h4-5,10,15,19H,3,6-9,11H2,1-2H3;1H. The van der Waals surface area contributed by atoms with Crippen LogP contribution in [0.1, 0.15) is 24.9 Å². The second-order valence-electron chi connectivity index (χ2n) is 5.54. The minimum absolute atomic E-state index is 0. The van der Waals surface area contributed by atoms with Gasteiger partial charge < -0.3 is 10.2 Å². The van der Waals surface area contributed by atoms with E-state index in [1.165, 1.54) is 12.1 Å². The molecule has 4 nitrogen and oxygen atoms in total. The van der Waals surface area contributed by atoms with Crippen LogP contribution >= 0.6 is 12.4 Å². The summed E-state index contributed by atoms with van der Waals surface area (Å²) in [5.41, 5.74) is 0.527. The van der Waals surface area contributed by atoms with Crippen molar-refractivity contribution in [1.82, 2.24) is 15.1 Å². The lowest BCUT2D eigenvalue weighted by Gasteiger charge is -2.39. The lowest BCUT2D eigenvalue weighted by Crippen LogP contribution is -2.51. The van der Waals surface area contributed by atoms with Gasteiger partial charge in [0.15, 0.2) is 0 Å². The van der Waals surface area contributed by atoms with Crippen molar-refractivity contribution in [3.8, 4) is 0 Å². The molecule has 1 N–H and O–H groups in total. The Bertz CT molecular complexity index is 522. The monoisotopic (exact) mass is 347 g/mol. The summed E-state index contributed by atoms with van der Waals surface area (Å²) in [7, 11) is 1.75. The van der Waals surface area contributed by atoms with Crippen molar-refractivity contribution in [2.45, 2.75) is 19.4 Å². The number of carbonyl (C=O) groups is 1. The Kier molecular flexibility index (Phi) is 7.88. The van der Waals surface area contributed by atoms with Gasteiger partial charge in [0.2, 0.25) is 5.91 Å². The summed E-state index contributed by atoms with van der Waals surface area (Å²) < 4.78 is 27.1. The highest BCUT2D eigenvalue weighted by molar-refractivity contribution is 5.85. The third-order valence-electron chi connectivity index (χ3n) is 4.14. The number of hydrogen-bond acceptors (Lipinski definition) is 3. The largest absolute Gasteiger partial charge is 0.339 e. The maximum absolute atomic E-state index is 14.0. The predicted octanol–water partition coefficient (Wildman–Crippen LogP) is 2.20. The molecule has 1 aliphatic rings.